The number of carbonyl (C=O) groups is 2. The lowest BCUT2D eigenvalue weighted by Crippen LogP contribution is -2.29. The van der Waals surface area contributed by atoms with Crippen LogP contribution in [0.2, 0.25) is 5.02 Å². The molecule has 2 N–H and O–H groups in total. The topological polar surface area (TPSA) is 61.4 Å². The Labute approximate surface area is 158 Å². The van der Waals surface area contributed by atoms with Crippen molar-refractivity contribution in [1.29, 1.82) is 0 Å². The number of hydrogen-bond acceptors (Lipinski definition) is 3. The molecule has 136 valence electrons. The number of benzene rings is 2. The first-order chi connectivity index (χ1) is 12.6. The van der Waals surface area contributed by atoms with Crippen molar-refractivity contribution >= 4 is 29.1 Å². The normalized spacial score (nSPS) is 13.5. The van der Waals surface area contributed by atoms with Gasteiger partial charge in [-0.25, -0.2) is 0 Å². The van der Waals surface area contributed by atoms with Gasteiger partial charge in [0.25, 0.3) is 5.91 Å². The maximum atomic E-state index is 12.3. The molecule has 1 aliphatic rings. The van der Waals surface area contributed by atoms with Gasteiger partial charge in [0.15, 0.2) is 0 Å². The van der Waals surface area contributed by atoms with Crippen LogP contribution in [-0.4, -0.2) is 36.3 Å². The summed E-state index contributed by atoms with van der Waals surface area (Å²) in [5, 5.41) is 6.44. The van der Waals surface area contributed by atoms with Crippen LogP contribution < -0.4 is 10.6 Å². The Morgan fingerprint density at radius 1 is 1.00 bits per heavy atom. The molecule has 5 nitrogen and oxygen atoms in total. The Hall–Kier alpha value is -2.53. The second kappa shape index (κ2) is 8.72. The first-order valence-corrected chi connectivity index (χ1v) is 9.14. The van der Waals surface area contributed by atoms with Crippen LogP contribution in [0.4, 0.5) is 5.69 Å². The molecule has 0 aromatic heterocycles. The molecule has 3 rings (SSSR count). The molecule has 6 heteroatoms. The summed E-state index contributed by atoms with van der Waals surface area (Å²) >= 11 is 6.04. The van der Waals surface area contributed by atoms with Crippen LogP contribution in [0.3, 0.4) is 0 Å². The molecule has 1 heterocycles. The smallest absolute Gasteiger partial charge is 0.253 e. The number of rotatable bonds is 6. The fraction of sp³-hybridized carbons (Fsp3) is 0.300. The van der Waals surface area contributed by atoms with Gasteiger partial charge in [-0.3, -0.25) is 9.59 Å². The monoisotopic (exact) mass is 371 g/mol. The highest BCUT2D eigenvalue weighted by Gasteiger charge is 2.19. The number of anilines is 1. The van der Waals surface area contributed by atoms with E-state index >= 15 is 0 Å². The average molecular weight is 372 g/mol. The largest absolute Gasteiger partial charge is 0.375 e. The summed E-state index contributed by atoms with van der Waals surface area (Å²) in [5.74, 6) is -0.0378. The molecule has 0 aliphatic carbocycles. The molecular weight excluding hydrogens is 350 g/mol. The third-order valence-electron chi connectivity index (χ3n) is 4.40. The molecule has 1 aliphatic heterocycles. The summed E-state index contributed by atoms with van der Waals surface area (Å²) in [6.07, 6.45) is 2.16. The van der Waals surface area contributed by atoms with Crippen molar-refractivity contribution in [1.82, 2.24) is 10.2 Å². The van der Waals surface area contributed by atoms with Crippen LogP contribution in [0.5, 0.6) is 0 Å². The Kier molecular flexibility index (Phi) is 6.12. The lowest BCUT2D eigenvalue weighted by molar-refractivity contribution is -0.119. The fourth-order valence-electron chi connectivity index (χ4n) is 2.91. The van der Waals surface area contributed by atoms with Gasteiger partial charge in [-0.2, -0.15) is 0 Å². The zero-order chi connectivity index (χ0) is 18.4. The van der Waals surface area contributed by atoms with Crippen LogP contribution in [0, 0.1) is 0 Å². The fourth-order valence-corrected chi connectivity index (χ4v) is 3.11. The highest BCUT2D eigenvalue weighted by Crippen LogP contribution is 2.19. The summed E-state index contributed by atoms with van der Waals surface area (Å²) in [5.41, 5.74) is 2.38. The SMILES string of the molecule is O=C(CNc1ccccc1Cl)NCc1ccc(C(=O)N2CCCC2)cc1. The van der Waals surface area contributed by atoms with E-state index in [9.17, 15) is 9.59 Å². The predicted octanol–water partition coefficient (Wildman–Crippen LogP) is 3.30. The number of hydrogen-bond donors (Lipinski definition) is 2. The maximum absolute atomic E-state index is 12.3. The summed E-state index contributed by atoms with van der Waals surface area (Å²) < 4.78 is 0. The standard InChI is InChI=1S/C20H22ClN3O2/c21-17-5-1-2-6-18(17)22-14-19(25)23-13-15-7-9-16(10-8-15)20(26)24-11-3-4-12-24/h1-2,5-10,22H,3-4,11-14H2,(H,23,25). The number of nitrogens with zero attached hydrogens (tertiary/aromatic N) is 1. The van der Waals surface area contributed by atoms with Gasteiger partial charge in [0, 0.05) is 25.2 Å². The molecular formula is C20H22ClN3O2. The molecule has 0 saturated carbocycles. The van der Waals surface area contributed by atoms with Crippen LogP contribution >= 0.6 is 11.6 Å². The van der Waals surface area contributed by atoms with E-state index in [-0.39, 0.29) is 18.4 Å². The maximum Gasteiger partial charge on any atom is 0.253 e. The van der Waals surface area contributed by atoms with E-state index in [0.29, 0.717) is 17.1 Å². The van der Waals surface area contributed by atoms with E-state index in [0.717, 1.165) is 37.2 Å². The molecule has 1 fully saturated rings. The minimum Gasteiger partial charge on any atom is -0.375 e. The van der Waals surface area contributed by atoms with Gasteiger partial charge in [-0.05, 0) is 42.7 Å². The van der Waals surface area contributed by atoms with Crippen LogP contribution in [0.25, 0.3) is 0 Å². The predicted molar refractivity (Wildman–Crippen MR) is 103 cm³/mol. The highest BCUT2D eigenvalue weighted by atomic mass is 35.5. The molecule has 0 bridgehead atoms. The van der Waals surface area contributed by atoms with E-state index in [1.54, 1.807) is 6.07 Å². The van der Waals surface area contributed by atoms with Crippen molar-refractivity contribution in [3.8, 4) is 0 Å². The third-order valence-corrected chi connectivity index (χ3v) is 4.73. The average Bonchev–Trinajstić information content (AvgIpc) is 3.20. The molecule has 0 radical (unpaired) electrons. The highest BCUT2D eigenvalue weighted by molar-refractivity contribution is 6.33. The Bertz CT molecular complexity index is 771. The molecule has 1 saturated heterocycles. The molecule has 2 aromatic rings. The van der Waals surface area contributed by atoms with Gasteiger partial charge in [-0.1, -0.05) is 35.9 Å². The Balaban J connectivity index is 1.46. The summed E-state index contributed by atoms with van der Waals surface area (Å²) in [6.45, 7) is 2.25. The van der Waals surface area contributed by atoms with Crippen LogP contribution in [-0.2, 0) is 11.3 Å². The van der Waals surface area contributed by atoms with Gasteiger partial charge >= 0.3 is 0 Å². The zero-order valence-electron chi connectivity index (χ0n) is 14.5. The van der Waals surface area contributed by atoms with E-state index in [4.69, 9.17) is 11.6 Å². The number of nitrogens with one attached hydrogen (secondary N) is 2. The van der Waals surface area contributed by atoms with Crippen molar-refractivity contribution in [2.75, 3.05) is 25.0 Å². The van der Waals surface area contributed by atoms with Crippen LogP contribution in [0.1, 0.15) is 28.8 Å². The van der Waals surface area contributed by atoms with E-state index in [1.165, 1.54) is 0 Å². The van der Waals surface area contributed by atoms with E-state index in [1.807, 2.05) is 47.4 Å². The number of para-hydroxylation sites is 1. The van der Waals surface area contributed by atoms with Gasteiger partial charge < -0.3 is 15.5 Å². The van der Waals surface area contributed by atoms with Crippen molar-refractivity contribution in [3.63, 3.8) is 0 Å². The number of halogens is 1. The number of likely N-dealkylation sites (tertiary alicyclic amines) is 1. The number of carbonyl (C=O) groups excluding carboxylic acids is 2. The molecule has 2 aromatic carbocycles. The molecule has 26 heavy (non-hydrogen) atoms. The van der Waals surface area contributed by atoms with Crippen LogP contribution in [0.15, 0.2) is 48.5 Å². The first-order valence-electron chi connectivity index (χ1n) is 8.77. The van der Waals surface area contributed by atoms with Gasteiger partial charge in [0.2, 0.25) is 5.91 Å². The lowest BCUT2D eigenvalue weighted by Gasteiger charge is -2.15. The summed E-state index contributed by atoms with van der Waals surface area (Å²) in [7, 11) is 0. The molecule has 2 amide bonds. The van der Waals surface area contributed by atoms with E-state index < -0.39 is 0 Å². The second-order valence-electron chi connectivity index (χ2n) is 6.31. The number of amides is 2. The third kappa shape index (κ3) is 4.76. The first kappa shape index (κ1) is 18.3. The summed E-state index contributed by atoms with van der Waals surface area (Å²) in [4.78, 5) is 26.2. The summed E-state index contributed by atoms with van der Waals surface area (Å²) in [6, 6.07) is 14.7. The lowest BCUT2D eigenvalue weighted by atomic mass is 10.1. The second-order valence-corrected chi connectivity index (χ2v) is 6.71. The quantitative estimate of drug-likeness (QED) is 0.819. The van der Waals surface area contributed by atoms with Crippen molar-refractivity contribution in [3.05, 3.63) is 64.7 Å². The van der Waals surface area contributed by atoms with Gasteiger partial charge in [-0.15, -0.1) is 0 Å². The van der Waals surface area contributed by atoms with Gasteiger partial charge in [0.1, 0.15) is 0 Å². The van der Waals surface area contributed by atoms with E-state index in [2.05, 4.69) is 10.6 Å². The molecule has 0 unspecified atom stereocenters. The van der Waals surface area contributed by atoms with Crippen molar-refractivity contribution in [2.24, 2.45) is 0 Å². The van der Waals surface area contributed by atoms with Gasteiger partial charge in [0.05, 0.1) is 17.3 Å². The van der Waals surface area contributed by atoms with Crippen molar-refractivity contribution < 1.29 is 9.59 Å². The minimum atomic E-state index is -0.123. The Morgan fingerprint density at radius 2 is 1.69 bits per heavy atom. The Morgan fingerprint density at radius 3 is 2.38 bits per heavy atom. The van der Waals surface area contributed by atoms with Crippen molar-refractivity contribution in [2.45, 2.75) is 19.4 Å². The minimum absolute atomic E-state index is 0.0852. The molecule has 0 spiro atoms. The zero-order valence-corrected chi connectivity index (χ0v) is 15.3. The molecule has 0 atom stereocenters.